The molecule has 1 saturated heterocycles. The number of azo groups is 1. The van der Waals surface area contributed by atoms with Gasteiger partial charge in [0.2, 0.25) is 5.69 Å². The van der Waals surface area contributed by atoms with Gasteiger partial charge in [0.25, 0.3) is 0 Å². The molecule has 1 aliphatic carbocycles. The predicted molar refractivity (Wildman–Crippen MR) is 91.0 cm³/mol. The fourth-order valence-electron chi connectivity index (χ4n) is 4.19. The average Bonchev–Trinajstić information content (AvgIpc) is 3.15. The Morgan fingerprint density at radius 2 is 1.67 bits per heavy atom. The van der Waals surface area contributed by atoms with Crippen LogP contribution in [0.15, 0.2) is 65.8 Å². The third-order valence-electron chi connectivity index (χ3n) is 5.37. The molecule has 0 bridgehead atoms. The van der Waals surface area contributed by atoms with E-state index in [1.807, 2.05) is 36.4 Å². The molecule has 0 aromatic heterocycles. The van der Waals surface area contributed by atoms with E-state index in [2.05, 4.69) is 29.2 Å². The highest BCUT2D eigenvalue weighted by Crippen LogP contribution is 2.57. The molecular weight excluding hydrogens is 300 g/mol. The highest BCUT2D eigenvalue weighted by atomic mass is 16.6. The third-order valence-corrected chi connectivity index (χ3v) is 5.37. The summed E-state index contributed by atoms with van der Waals surface area (Å²) in [5.41, 5.74) is 6.24. The van der Waals surface area contributed by atoms with E-state index in [0.717, 1.165) is 37.1 Å². The van der Waals surface area contributed by atoms with Crippen molar-refractivity contribution in [3.63, 3.8) is 0 Å². The van der Waals surface area contributed by atoms with Gasteiger partial charge in [-0.1, -0.05) is 49.2 Å². The molecule has 5 rings (SSSR count). The van der Waals surface area contributed by atoms with E-state index in [1.54, 1.807) is 4.81 Å². The van der Waals surface area contributed by atoms with E-state index in [-0.39, 0.29) is 0 Å². The average molecular weight is 320 g/mol. The van der Waals surface area contributed by atoms with Crippen molar-refractivity contribution in [1.82, 2.24) is 0 Å². The Kier molecular flexibility index (Phi) is 2.94. The topological polar surface area (TPSA) is 41.9 Å². The standard InChI is InChI=1S/C19H20N4O/c1-3-9-16(10-4-1)22-15-24-19-14-8-7-13-18(19,22)20-23(21-19)17-11-5-2-6-12-17/h1-6,9-12H,7-8,13-15H2/t18-,19+/m0/s1. The summed E-state index contributed by atoms with van der Waals surface area (Å²) < 4.78 is 6.30. The zero-order valence-electron chi connectivity index (χ0n) is 13.5. The molecule has 0 radical (unpaired) electrons. The lowest BCUT2D eigenvalue weighted by atomic mass is 9.81. The fourth-order valence-corrected chi connectivity index (χ4v) is 4.19. The van der Waals surface area contributed by atoms with Gasteiger partial charge >= 0.3 is 0 Å². The van der Waals surface area contributed by atoms with Crippen LogP contribution in [0.25, 0.3) is 5.43 Å². The lowest BCUT2D eigenvalue weighted by Crippen LogP contribution is -2.56. The quantitative estimate of drug-likeness (QED) is 0.762. The van der Waals surface area contributed by atoms with Crippen molar-refractivity contribution in [2.75, 3.05) is 11.6 Å². The molecule has 0 amide bonds. The van der Waals surface area contributed by atoms with Crippen LogP contribution in [0.1, 0.15) is 25.7 Å². The minimum absolute atomic E-state index is 0.428. The minimum Gasteiger partial charge on any atom is -0.347 e. The number of para-hydroxylation sites is 2. The molecule has 2 aromatic carbocycles. The first kappa shape index (κ1) is 14.0. The summed E-state index contributed by atoms with van der Waals surface area (Å²) in [5.74, 6) is 0. The van der Waals surface area contributed by atoms with E-state index in [4.69, 9.17) is 15.3 Å². The number of nitrogens with zero attached hydrogens (tertiary/aromatic N) is 4. The first-order chi connectivity index (χ1) is 11.8. The summed E-state index contributed by atoms with van der Waals surface area (Å²) in [6.45, 7) is 0.541. The zero-order chi connectivity index (χ0) is 16.0. The minimum atomic E-state index is -0.559. The molecule has 2 aromatic rings. The third kappa shape index (κ3) is 1.79. The summed E-state index contributed by atoms with van der Waals surface area (Å²) in [7, 11) is 0. The Morgan fingerprint density at radius 1 is 0.958 bits per heavy atom. The van der Waals surface area contributed by atoms with Crippen LogP contribution in [-0.2, 0) is 4.74 Å². The number of rotatable bonds is 2. The predicted octanol–water partition coefficient (Wildman–Crippen LogP) is 4.55. The molecule has 0 N–H and O–H groups in total. The fraction of sp³-hybridized carbons (Fsp3) is 0.368. The number of anilines is 1. The first-order valence-electron chi connectivity index (χ1n) is 8.61. The van der Waals surface area contributed by atoms with Gasteiger partial charge in [-0.25, -0.2) is 0 Å². The monoisotopic (exact) mass is 320 g/mol. The number of hydrogen-bond acceptors (Lipinski definition) is 3. The van der Waals surface area contributed by atoms with E-state index in [9.17, 15) is 0 Å². The maximum atomic E-state index is 6.30. The van der Waals surface area contributed by atoms with Gasteiger partial charge in [-0.2, -0.15) is 10.5 Å². The maximum Gasteiger partial charge on any atom is 0.225 e. The molecule has 3 aliphatic rings. The molecule has 122 valence electrons. The molecule has 2 heterocycles. The van der Waals surface area contributed by atoms with Crippen molar-refractivity contribution in [2.24, 2.45) is 5.11 Å². The van der Waals surface area contributed by atoms with Crippen LogP contribution >= 0.6 is 0 Å². The van der Waals surface area contributed by atoms with Crippen LogP contribution in [0.2, 0.25) is 0 Å². The van der Waals surface area contributed by atoms with E-state index in [0.29, 0.717) is 6.73 Å². The maximum absolute atomic E-state index is 6.30. The number of ether oxygens (including phenoxy) is 1. The van der Waals surface area contributed by atoms with Crippen LogP contribution in [0, 0.1) is 0 Å². The molecule has 1 saturated carbocycles. The highest BCUT2D eigenvalue weighted by Gasteiger charge is 2.64. The second-order valence-electron chi connectivity index (χ2n) is 6.67. The summed E-state index contributed by atoms with van der Waals surface area (Å²) >= 11 is 0. The lowest BCUT2D eigenvalue weighted by Gasteiger charge is -2.46. The van der Waals surface area contributed by atoms with Crippen molar-refractivity contribution < 1.29 is 9.54 Å². The van der Waals surface area contributed by atoms with Gasteiger partial charge in [-0.05, 0) is 25.0 Å². The summed E-state index contributed by atoms with van der Waals surface area (Å²) in [6, 6.07) is 20.6. The summed E-state index contributed by atoms with van der Waals surface area (Å²) in [4.78, 5) is 4.08. The van der Waals surface area contributed by atoms with Crippen molar-refractivity contribution in [3.8, 4) is 0 Å². The van der Waals surface area contributed by atoms with Crippen LogP contribution in [-0.4, -0.2) is 22.9 Å². The van der Waals surface area contributed by atoms with E-state index >= 15 is 0 Å². The Hall–Kier alpha value is -2.40. The largest absolute Gasteiger partial charge is 0.347 e. The Labute approximate surface area is 141 Å². The van der Waals surface area contributed by atoms with Gasteiger partial charge in [0.05, 0.1) is 0 Å². The number of benzene rings is 2. The van der Waals surface area contributed by atoms with Crippen molar-refractivity contribution in [1.29, 1.82) is 0 Å². The van der Waals surface area contributed by atoms with Gasteiger partial charge in [0.15, 0.2) is 5.72 Å². The second kappa shape index (κ2) is 5.05. The van der Waals surface area contributed by atoms with Gasteiger partial charge in [-0.15, -0.1) is 4.81 Å². The van der Waals surface area contributed by atoms with Gasteiger partial charge in [0, 0.05) is 17.8 Å². The molecule has 5 heteroatoms. The molecule has 2 fully saturated rings. The van der Waals surface area contributed by atoms with Crippen molar-refractivity contribution >= 4 is 11.4 Å². The van der Waals surface area contributed by atoms with Crippen LogP contribution < -0.4 is 4.90 Å². The van der Waals surface area contributed by atoms with Crippen LogP contribution in [0.3, 0.4) is 0 Å². The van der Waals surface area contributed by atoms with Crippen LogP contribution in [0.4, 0.5) is 11.4 Å². The second-order valence-corrected chi connectivity index (χ2v) is 6.67. The molecular formula is C19H20N4O. The Bertz CT molecular complexity index is 778. The lowest BCUT2D eigenvalue weighted by molar-refractivity contribution is -0.460. The highest BCUT2D eigenvalue weighted by molar-refractivity contribution is 5.53. The SMILES string of the molecule is c1ccc(N2CO[C@]34CCCC[C@]23[N-][N+](c2ccccc2)=N4)cc1. The van der Waals surface area contributed by atoms with Gasteiger partial charge in [-0.3, -0.25) is 0 Å². The van der Waals surface area contributed by atoms with E-state index < -0.39 is 11.4 Å². The molecule has 0 spiro atoms. The smallest absolute Gasteiger partial charge is 0.225 e. The zero-order valence-corrected chi connectivity index (χ0v) is 13.5. The van der Waals surface area contributed by atoms with Crippen LogP contribution in [0.5, 0.6) is 0 Å². The van der Waals surface area contributed by atoms with Crippen molar-refractivity contribution in [2.45, 2.75) is 37.1 Å². The van der Waals surface area contributed by atoms with Crippen molar-refractivity contribution in [3.05, 3.63) is 66.1 Å². The Balaban J connectivity index is 1.60. The van der Waals surface area contributed by atoms with Gasteiger partial charge < -0.3 is 9.64 Å². The molecule has 5 nitrogen and oxygen atoms in total. The van der Waals surface area contributed by atoms with Gasteiger partial charge in [0.1, 0.15) is 12.4 Å². The number of hydrogen-bond donors (Lipinski definition) is 0. The summed E-state index contributed by atoms with van der Waals surface area (Å²) in [5, 5.41) is 4.94. The Morgan fingerprint density at radius 3 is 2.46 bits per heavy atom. The van der Waals surface area contributed by atoms with E-state index in [1.165, 1.54) is 0 Å². The first-order valence-corrected chi connectivity index (χ1v) is 8.61. The molecule has 24 heavy (non-hydrogen) atoms. The molecule has 0 unspecified atom stereocenters. The normalized spacial score (nSPS) is 31.2. The summed E-state index contributed by atoms with van der Waals surface area (Å²) in [6.07, 6.45) is 4.17. The molecule has 2 atom stereocenters. The molecule has 2 aliphatic heterocycles.